The highest BCUT2D eigenvalue weighted by Crippen LogP contribution is 2.49. The lowest BCUT2D eigenvalue weighted by atomic mass is 9.90. The van der Waals surface area contributed by atoms with Gasteiger partial charge < -0.3 is 0 Å². The highest BCUT2D eigenvalue weighted by atomic mass is 32.2. The third kappa shape index (κ3) is 1.99. The lowest BCUT2D eigenvalue weighted by Gasteiger charge is -2.29. The van der Waals surface area contributed by atoms with Crippen LogP contribution in [0.2, 0.25) is 0 Å². The van der Waals surface area contributed by atoms with Crippen LogP contribution in [-0.4, -0.2) is 11.1 Å². The first-order valence-electron chi connectivity index (χ1n) is 9.27. The van der Waals surface area contributed by atoms with Gasteiger partial charge >= 0.3 is 0 Å². The molecule has 4 aromatic rings. The predicted molar refractivity (Wildman–Crippen MR) is 111 cm³/mol. The fourth-order valence-electron chi connectivity index (χ4n) is 4.51. The number of hydrogen-bond donors (Lipinski definition) is 0. The highest BCUT2D eigenvalue weighted by molar-refractivity contribution is 7.99. The second-order valence-electron chi connectivity index (χ2n) is 8.32. The summed E-state index contributed by atoms with van der Waals surface area (Å²) in [4.78, 5) is 20.7. The molecule has 0 N–H and O–H groups in total. The number of hydrogen-bond acceptors (Lipinski definition) is 3. The zero-order chi connectivity index (χ0) is 18.3. The highest BCUT2D eigenvalue weighted by Gasteiger charge is 2.27. The van der Waals surface area contributed by atoms with Gasteiger partial charge in [0, 0.05) is 49.8 Å². The first-order chi connectivity index (χ1) is 13.0. The molecule has 0 saturated carbocycles. The summed E-state index contributed by atoms with van der Waals surface area (Å²) in [5.74, 6) is 0. The molecule has 3 aromatic carbocycles. The Labute approximate surface area is 160 Å². The van der Waals surface area contributed by atoms with E-state index in [9.17, 15) is 4.79 Å². The third-order valence-electron chi connectivity index (χ3n) is 5.73. The average molecular weight is 370 g/mol. The summed E-state index contributed by atoms with van der Waals surface area (Å²) in [5.41, 5.74) is 3.41. The lowest BCUT2D eigenvalue weighted by molar-refractivity contribution is 0.285. The number of rotatable bonds is 0. The smallest absolute Gasteiger partial charge is 0.260 e. The van der Waals surface area contributed by atoms with E-state index in [4.69, 9.17) is 4.99 Å². The van der Waals surface area contributed by atoms with Gasteiger partial charge in [-0.15, -0.1) is 0 Å². The van der Waals surface area contributed by atoms with Crippen molar-refractivity contribution in [1.82, 2.24) is 4.57 Å². The number of nitrogens with zero attached hydrogens (tertiary/aromatic N) is 2. The molecule has 0 spiro atoms. The molecule has 3 heterocycles. The maximum atomic E-state index is 13.3. The van der Waals surface area contributed by atoms with Crippen LogP contribution in [0.15, 0.2) is 68.1 Å². The molecular weight excluding hydrogens is 352 g/mol. The molecule has 2 aliphatic rings. The van der Waals surface area contributed by atoms with E-state index < -0.39 is 0 Å². The Morgan fingerprint density at radius 3 is 2.63 bits per heavy atom. The van der Waals surface area contributed by atoms with Crippen molar-refractivity contribution in [2.75, 3.05) is 6.54 Å². The standard InChI is InChI=1S/C23H18N2OS/c1-23(2)11-24-21-15-9-10-18-20-14(13-5-3-4-6-17(13)27-18)7-8-16(19(15)20)22(26)25(21)12-23/h3-10H,11-12H2,1-2H3. The molecule has 0 fully saturated rings. The molecule has 27 heavy (non-hydrogen) atoms. The minimum atomic E-state index is 0.00981. The molecule has 1 aromatic heterocycles. The quantitative estimate of drug-likeness (QED) is 0.397. The van der Waals surface area contributed by atoms with Crippen molar-refractivity contribution in [3.05, 3.63) is 64.4 Å². The monoisotopic (exact) mass is 370 g/mol. The van der Waals surface area contributed by atoms with Gasteiger partial charge in [-0.1, -0.05) is 49.9 Å². The first kappa shape index (κ1) is 15.5. The van der Waals surface area contributed by atoms with E-state index in [0.717, 1.165) is 28.2 Å². The maximum Gasteiger partial charge on any atom is 0.260 e. The average Bonchev–Trinajstić information content (AvgIpc) is 2.67. The molecule has 0 unspecified atom stereocenters. The summed E-state index contributed by atoms with van der Waals surface area (Å²) in [6, 6.07) is 17.0. The van der Waals surface area contributed by atoms with Crippen LogP contribution in [0.1, 0.15) is 13.8 Å². The SMILES string of the molecule is CC1(C)CN=c2c3ccc4c5c(ccc(c(=O)n2C1)c53)-c1ccccc1S4. The molecule has 132 valence electrons. The summed E-state index contributed by atoms with van der Waals surface area (Å²) in [5, 5.41) is 4.18. The molecule has 0 aliphatic carbocycles. The fraction of sp³-hybridized carbons (Fsp3) is 0.217. The minimum Gasteiger partial charge on any atom is -0.292 e. The zero-order valence-corrected chi connectivity index (χ0v) is 16.1. The molecule has 0 amide bonds. The topological polar surface area (TPSA) is 34.4 Å². The van der Waals surface area contributed by atoms with E-state index in [1.54, 1.807) is 11.8 Å². The van der Waals surface area contributed by atoms with Crippen molar-refractivity contribution in [3.63, 3.8) is 0 Å². The zero-order valence-electron chi connectivity index (χ0n) is 15.2. The largest absolute Gasteiger partial charge is 0.292 e. The van der Waals surface area contributed by atoms with Crippen LogP contribution >= 0.6 is 11.8 Å². The number of fused-ring (bicyclic) bond motifs is 4. The van der Waals surface area contributed by atoms with Crippen molar-refractivity contribution in [3.8, 4) is 11.1 Å². The molecule has 6 rings (SSSR count). The number of benzene rings is 3. The second kappa shape index (κ2) is 5.02. The number of pyridine rings is 1. The van der Waals surface area contributed by atoms with Gasteiger partial charge in [-0.05, 0) is 35.4 Å². The molecule has 0 radical (unpaired) electrons. The third-order valence-corrected chi connectivity index (χ3v) is 6.87. The van der Waals surface area contributed by atoms with Gasteiger partial charge in [0.15, 0.2) is 0 Å². The molecule has 0 atom stereocenters. The summed E-state index contributed by atoms with van der Waals surface area (Å²) in [6.45, 7) is 5.81. The maximum absolute atomic E-state index is 13.3. The van der Waals surface area contributed by atoms with E-state index in [-0.39, 0.29) is 11.0 Å². The normalized spacial score (nSPS) is 16.8. The van der Waals surface area contributed by atoms with Crippen molar-refractivity contribution >= 4 is 33.3 Å². The van der Waals surface area contributed by atoms with Crippen LogP contribution in [0.4, 0.5) is 0 Å². The van der Waals surface area contributed by atoms with Gasteiger partial charge in [0.25, 0.3) is 5.56 Å². The van der Waals surface area contributed by atoms with Gasteiger partial charge in [-0.25, -0.2) is 0 Å². The lowest BCUT2D eigenvalue weighted by Crippen LogP contribution is -2.43. The van der Waals surface area contributed by atoms with Crippen molar-refractivity contribution in [2.45, 2.75) is 30.2 Å². The van der Waals surface area contributed by atoms with Crippen LogP contribution in [0.25, 0.3) is 32.7 Å². The van der Waals surface area contributed by atoms with Crippen LogP contribution in [0, 0.1) is 5.41 Å². The summed E-state index contributed by atoms with van der Waals surface area (Å²) in [6.07, 6.45) is 0. The van der Waals surface area contributed by atoms with Gasteiger partial charge in [0.1, 0.15) is 5.49 Å². The van der Waals surface area contributed by atoms with Crippen LogP contribution in [0.5, 0.6) is 0 Å². The predicted octanol–water partition coefficient (Wildman–Crippen LogP) is 4.66. The van der Waals surface area contributed by atoms with Gasteiger partial charge in [0.05, 0.1) is 0 Å². The van der Waals surface area contributed by atoms with E-state index in [2.05, 4.69) is 56.3 Å². The Kier molecular flexibility index (Phi) is 2.87. The molecule has 2 aliphatic heterocycles. The molecule has 0 saturated heterocycles. The second-order valence-corrected chi connectivity index (χ2v) is 9.40. The first-order valence-corrected chi connectivity index (χ1v) is 10.1. The Balaban J connectivity index is 1.83. The number of aromatic nitrogens is 1. The van der Waals surface area contributed by atoms with E-state index in [0.29, 0.717) is 6.54 Å². The molecule has 3 nitrogen and oxygen atoms in total. The minimum absolute atomic E-state index is 0.00981. The Hall–Kier alpha value is -2.59. The fourth-order valence-corrected chi connectivity index (χ4v) is 5.63. The van der Waals surface area contributed by atoms with Crippen molar-refractivity contribution in [1.29, 1.82) is 0 Å². The summed E-state index contributed by atoms with van der Waals surface area (Å²) in [7, 11) is 0. The van der Waals surface area contributed by atoms with Crippen molar-refractivity contribution in [2.24, 2.45) is 10.4 Å². The van der Waals surface area contributed by atoms with E-state index in [1.807, 2.05) is 10.6 Å². The van der Waals surface area contributed by atoms with E-state index in [1.165, 1.54) is 26.3 Å². The molecular formula is C23H18N2OS. The Morgan fingerprint density at radius 2 is 1.74 bits per heavy atom. The van der Waals surface area contributed by atoms with Crippen LogP contribution in [0.3, 0.4) is 0 Å². The van der Waals surface area contributed by atoms with E-state index >= 15 is 0 Å². The van der Waals surface area contributed by atoms with Crippen LogP contribution < -0.4 is 11.0 Å². The Bertz CT molecular complexity index is 1400. The van der Waals surface area contributed by atoms with Crippen molar-refractivity contribution < 1.29 is 0 Å². The van der Waals surface area contributed by atoms with Gasteiger partial charge in [0.2, 0.25) is 0 Å². The van der Waals surface area contributed by atoms with Gasteiger partial charge in [-0.3, -0.25) is 14.4 Å². The van der Waals surface area contributed by atoms with Crippen LogP contribution in [-0.2, 0) is 6.54 Å². The van der Waals surface area contributed by atoms with Gasteiger partial charge in [-0.2, -0.15) is 0 Å². The Morgan fingerprint density at radius 1 is 0.926 bits per heavy atom. The molecule has 4 heteroatoms. The molecule has 0 bridgehead atoms. The summed E-state index contributed by atoms with van der Waals surface area (Å²) < 4.78 is 1.88. The summed E-state index contributed by atoms with van der Waals surface area (Å²) >= 11 is 1.79.